The molecule has 0 amide bonds. The van der Waals surface area contributed by atoms with Crippen molar-refractivity contribution in [3.8, 4) is 0 Å². The number of nitrogens with zero attached hydrogens (tertiary/aromatic N) is 4. The van der Waals surface area contributed by atoms with Gasteiger partial charge in [0.1, 0.15) is 0 Å². The first-order valence-corrected chi connectivity index (χ1v) is 5.61. The van der Waals surface area contributed by atoms with E-state index < -0.39 is 5.97 Å². The van der Waals surface area contributed by atoms with Crippen LogP contribution in [-0.2, 0) is 6.54 Å². The zero-order chi connectivity index (χ0) is 12.4. The van der Waals surface area contributed by atoms with Crippen LogP contribution in [0.15, 0.2) is 22.8 Å². The number of hydrogen-bond donors (Lipinski definition) is 1. The van der Waals surface area contributed by atoms with Crippen LogP contribution in [0.2, 0.25) is 0 Å². The maximum absolute atomic E-state index is 10.8. The fourth-order valence-electron chi connectivity index (χ4n) is 1.36. The Morgan fingerprint density at radius 1 is 1.53 bits per heavy atom. The summed E-state index contributed by atoms with van der Waals surface area (Å²) in [6, 6.07) is 3.71. The monoisotopic (exact) mass is 296 g/mol. The highest BCUT2D eigenvalue weighted by molar-refractivity contribution is 9.10. The lowest BCUT2D eigenvalue weighted by atomic mass is 10.3. The van der Waals surface area contributed by atoms with Crippen molar-refractivity contribution in [2.45, 2.75) is 13.5 Å². The Kier molecular flexibility index (Phi) is 3.19. The van der Waals surface area contributed by atoms with E-state index >= 15 is 0 Å². The van der Waals surface area contributed by atoms with Crippen LogP contribution in [0.1, 0.15) is 21.9 Å². The molecule has 0 bridgehead atoms. The van der Waals surface area contributed by atoms with Crippen molar-refractivity contribution in [1.29, 1.82) is 0 Å². The normalized spacial score (nSPS) is 10.5. The number of aromatic carboxylic acids is 1. The maximum Gasteiger partial charge on any atom is 0.358 e. The molecule has 0 fully saturated rings. The second kappa shape index (κ2) is 4.62. The van der Waals surface area contributed by atoms with Crippen molar-refractivity contribution in [2.24, 2.45) is 0 Å². The average molecular weight is 297 g/mol. The number of halogens is 1. The van der Waals surface area contributed by atoms with E-state index in [1.54, 1.807) is 13.1 Å². The molecule has 2 rings (SSSR count). The fraction of sp³-hybridized carbons (Fsp3) is 0.200. The summed E-state index contributed by atoms with van der Waals surface area (Å²) in [5.41, 5.74) is 1.28. The number of pyridine rings is 1. The van der Waals surface area contributed by atoms with Gasteiger partial charge in [-0.3, -0.25) is 4.98 Å². The quantitative estimate of drug-likeness (QED) is 0.928. The highest BCUT2D eigenvalue weighted by Crippen LogP contribution is 2.10. The Morgan fingerprint density at radius 3 is 2.82 bits per heavy atom. The Morgan fingerprint density at radius 2 is 2.29 bits per heavy atom. The molecule has 0 saturated carbocycles. The van der Waals surface area contributed by atoms with Gasteiger partial charge in [0, 0.05) is 10.7 Å². The first-order valence-electron chi connectivity index (χ1n) is 4.81. The van der Waals surface area contributed by atoms with Crippen LogP contribution in [0.3, 0.4) is 0 Å². The summed E-state index contributed by atoms with van der Waals surface area (Å²) in [7, 11) is 0. The minimum Gasteiger partial charge on any atom is -0.476 e. The van der Waals surface area contributed by atoms with Gasteiger partial charge in [0.15, 0.2) is 5.69 Å². The van der Waals surface area contributed by atoms with Gasteiger partial charge < -0.3 is 5.11 Å². The van der Waals surface area contributed by atoms with Crippen molar-refractivity contribution >= 4 is 21.9 Å². The molecule has 88 valence electrons. The number of carboxylic acids is 1. The molecular formula is C10H9BrN4O2. The zero-order valence-corrected chi connectivity index (χ0v) is 10.5. The van der Waals surface area contributed by atoms with Crippen LogP contribution in [0.25, 0.3) is 0 Å². The Labute approximate surface area is 105 Å². The Bertz CT molecular complexity index is 550. The van der Waals surface area contributed by atoms with Crippen molar-refractivity contribution in [3.63, 3.8) is 0 Å². The highest BCUT2D eigenvalue weighted by atomic mass is 79.9. The topological polar surface area (TPSA) is 80.9 Å². The van der Waals surface area contributed by atoms with E-state index in [0.717, 1.165) is 10.2 Å². The molecule has 0 aromatic carbocycles. The third-order valence-corrected chi connectivity index (χ3v) is 2.75. The molecule has 0 unspecified atom stereocenters. The summed E-state index contributed by atoms with van der Waals surface area (Å²) < 4.78 is 2.41. The van der Waals surface area contributed by atoms with E-state index in [-0.39, 0.29) is 5.69 Å². The van der Waals surface area contributed by atoms with Gasteiger partial charge in [0.2, 0.25) is 0 Å². The van der Waals surface area contributed by atoms with Crippen molar-refractivity contribution in [3.05, 3.63) is 39.9 Å². The molecular weight excluding hydrogens is 288 g/mol. The zero-order valence-electron chi connectivity index (χ0n) is 8.96. The van der Waals surface area contributed by atoms with Gasteiger partial charge in [0.25, 0.3) is 0 Å². The second-order valence-corrected chi connectivity index (χ2v) is 4.37. The van der Waals surface area contributed by atoms with E-state index in [2.05, 4.69) is 31.2 Å². The lowest BCUT2D eigenvalue weighted by Gasteiger charge is -2.02. The van der Waals surface area contributed by atoms with E-state index in [4.69, 9.17) is 5.11 Å². The van der Waals surface area contributed by atoms with Crippen LogP contribution in [0, 0.1) is 6.92 Å². The predicted octanol–water partition coefficient (Wildman–Crippen LogP) is 1.49. The molecule has 0 atom stereocenters. The second-order valence-electron chi connectivity index (χ2n) is 3.45. The number of aromatic nitrogens is 4. The molecule has 2 heterocycles. The van der Waals surface area contributed by atoms with Crippen molar-refractivity contribution < 1.29 is 9.90 Å². The van der Waals surface area contributed by atoms with Crippen LogP contribution < -0.4 is 0 Å². The minimum absolute atomic E-state index is 0.0258. The third-order valence-electron chi connectivity index (χ3n) is 2.29. The molecule has 6 nitrogen and oxygen atoms in total. The van der Waals surface area contributed by atoms with Gasteiger partial charge in [-0.2, -0.15) is 0 Å². The lowest BCUT2D eigenvalue weighted by molar-refractivity contribution is 0.0689. The van der Waals surface area contributed by atoms with Crippen LogP contribution in [-0.4, -0.2) is 31.1 Å². The van der Waals surface area contributed by atoms with Crippen LogP contribution >= 0.6 is 15.9 Å². The summed E-state index contributed by atoms with van der Waals surface area (Å²) in [5.74, 6) is -1.07. The molecule has 2 aromatic heterocycles. The summed E-state index contributed by atoms with van der Waals surface area (Å²) in [5, 5.41) is 16.2. The number of rotatable bonds is 3. The summed E-state index contributed by atoms with van der Waals surface area (Å²) in [4.78, 5) is 15.0. The van der Waals surface area contributed by atoms with Crippen molar-refractivity contribution in [1.82, 2.24) is 20.0 Å². The third kappa shape index (κ3) is 2.50. The first-order chi connectivity index (χ1) is 8.08. The lowest BCUT2D eigenvalue weighted by Crippen LogP contribution is -2.07. The molecule has 0 aliphatic heterocycles. The summed E-state index contributed by atoms with van der Waals surface area (Å²) in [6.07, 6.45) is 1.68. The molecule has 2 aromatic rings. The maximum atomic E-state index is 10.8. The summed E-state index contributed by atoms with van der Waals surface area (Å²) in [6.45, 7) is 2.07. The van der Waals surface area contributed by atoms with E-state index in [1.807, 2.05) is 12.1 Å². The summed E-state index contributed by atoms with van der Waals surface area (Å²) >= 11 is 3.29. The Balaban J connectivity index is 2.24. The van der Waals surface area contributed by atoms with E-state index in [0.29, 0.717) is 12.2 Å². The first kappa shape index (κ1) is 11.7. The largest absolute Gasteiger partial charge is 0.476 e. The van der Waals surface area contributed by atoms with Crippen LogP contribution in [0.5, 0.6) is 0 Å². The average Bonchev–Trinajstić information content (AvgIpc) is 2.64. The van der Waals surface area contributed by atoms with Gasteiger partial charge >= 0.3 is 5.97 Å². The smallest absolute Gasteiger partial charge is 0.358 e. The van der Waals surface area contributed by atoms with E-state index in [9.17, 15) is 4.79 Å². The molecule has 7 heteroatoms. The number of carbonyl (C=O) groups is 1. The SMILES string of the molecule is Cc1c(C(=O)O)nnn1Cc1ccc(Br)cn1. The fourth-order valence-corrected chi connectivity index (χ4v) is 1.60. The Hall–Kier alpha value is -1.76. The molecule has 0 spiro atoms. The molecule has 0 saturated heterocycles. The number of hydrogen-bond acceptors (Lipinski definition) is 4. The molecule has 1 N–H and O–H groups in total. The van der Waals surface area contributed by atoms with Gasteiger partial charge in [-0.15, -0.1) is 5.10 Å². The van der Waals surface area contributed by atoms with Gasteiger partial charge in [-0.25, -0.2) is 9.48 Å². The van der Waals surface area contributed by atoms with Gasteiger partial charge in [-0.1, -0.05) is 5.21 Å². The van der Waals surface area contributed by atoms with E-state index in [1.165, 1.54) is 4.68 Å². The van der Waals surface area contributed by atoms with Gasteiger partial charge in [0.05, 0.1) is 17.9 Å². The highest BCUT2D eigenvalue weighted by Gasteiger charge is 2.15. The molecule has 0 radical (unpaired) electrons. The molecule has 0 aliphatic carbocycles. The predicted molar refractivity (Wildman–Crippen MR) is 62.8 cm³/mol. The standard InChI is InChI=1S/C10H9BrN4O2/c1-6-9(10(16)17)13-14-15(6)5-8-3-2-7(11)4-12-8/h2-4H,5H2,1H3,(H,16,17). The van der Waals surface area contributed by atoms with Gasteiger partial charge in [-0.05, 0) is 35.0 Å². The molecule has 17 heavy (non-hydrogen) atoms. The minimum atomic E-state index is -1.07. The van der Waals surface area contributed by atoms with Crippen molar-refractivity contribution in [2.75, 3.05) is 0 Å². The molecule has 0 aliphatic rings. The van der Waals surface area contributed by atoms with Crippen LogP contribution in [0.4, 0.5) is 0 Å². The number of carboxylic acid groups (broad SMARTS) is 1.